The van der Waals surface area contributed by atoms with Crippen LogP contribution in [0.3, 0.4) is 0 Å². The third-order valence-electron chi connectivity index (χ3n) is 5.94. The minimum Gasteiger partial charge on any atom is -0.378 e. The summed E-state index contributed by atoms with van der Waals surface area (Å²) in [5, 5.41) is 0. The first-order chi connectivity index (χ1) is 14.7. The number of hydrogen-bond donors (Lipinski definition) is 0. The summed E-state index contributed by atoms with van der Waals surface area (Å²) in [7, 11) is 0. The van der Waals surface area contributed by atoms with E-state index in [0.29, 0.717) is 0 Å². The van der Waals surface area contributed by atoms with Gasteiger partial charge in [0.05, 0.1) is 30.3 Å². The maximum atomic E-state index is 5.56. The summed E-state index contributed by atoms with van der Waals surface area (Å²) in [5.41, 5.74) is 8.85. The lowest BCUT2D eigenvalue weighted by Crippen LogP contribution is -2.35. The van der Waals surface area contributed by atoms with E-state index in [-0.39, 0.29) is 0 Å². The predicted molar refractivity (Wildman–Crippen MR) is 123 cm³/mol. The zero-order chi connectivity index (χ0) is 20.5. The summed E-state index contributed by atoms with van der Waals surface area (Å²) in [5.74, 6) is 0. The number of benzene rings is 1. The average Bonchev–Trinajstić information content (AvgIpc) is 3.19. The molecule has 1 aliphatic carbocycles. The number of imidazole rings is 1. The Balaban J connectivity index is 1.67. The van der Waals surface area contributed by atoms with E-state index < -0.39 is 0 Å². The highest BCUT2D eigenvalue weighted by molar-refractivity contribution is 5.81. The molecule has 0 radical (unpaired) electrons. The largest absolute Gasteiger partial charge is 0.378 e. The number of rotatable bonds is 4. The maximum Gasteiger partial charge on any atom is 0.138 e. The topological polar surface area (TPSA) is 29.8 Å². The van der Waals surface area contributed by atoms with E-state index in [4.69, 9.17) is 9.72 Å². The molecule has 0 N–H and O–H groups in total. The zero-order valence-corrected chi connectivity index (χ0v) is 17.5. The number of hydrogen-bond acceptors (Lipinski definition) is 3. The Hall–Kier alpha value is -3.11. The number of nitrogens with zero attached hydrogens (tertiary/aromatic N) is 3. The van der Waals surface area contributed by atoms with Crippen molar-refractivity contribution in [2.24, 2.45) is 0 Å². The Morgan fingerprint density at radius 2 is 1.77 bits per heavy atom. The van der Waals surface area contributed by atoms with Crippen LogP contribution in [-0.4, -0.2) is 40.6 Å². The molecule has 4 nitrogen and oxygen atoms in total. The Bertz CT molecular complexity index is 1140. The van der Waals surface area contributed by atoms with Crippen molar-refractivity contribution in [2.75, 3.05) is 26.3 Å². The van der Waals surface area contributed by atoms with Crippen molar-refractivity contribution in [1.29, 1.82) is 0 Å². The highest BCUT2D eigenvalue weighted by Gasteiger charge is 2.22. The van der Waals surface area contributed by atoms with E-state index in [1.807, 2.05) is 0 Å². The summed E-state index contributed by atoms with van der Waals surface area (Å²) in [6.45, 7) is 9.79. The lowest BCUT2D eigenvalue weighted by Gasteiger charge is -2.30. The average molecular weight is 398 g/mol. The molecule has 1 fully saturated rings. The van der Waals surface area contributed by atoms with Gasteiger partial charge in [0.2, 0.25) is 0 Å². The number of ether oxygens (including phenoxy) is 1. The van der Waals surface area contributed by atoms with E-state index >= 15 is 0 Å². The molecule has 2 aliphatic rings. The number of aromatic nitrogens is 2. The van der Waals surface area contributed by atoms with Crippen LogP contribution in [0.4, 0.5) is 0 Å². The lowest BCUT2D eigenvalue weighted by molar-refractivity contribution is 0.0639. The first-order valence-electron chi connectivity index (χ1n) is 10.7. The van der Waals surface area contributed by atoms with Crippen molar-refractivity contribution in [3.05, 3.63) is 84.2 Å². The lowest BCUT2D eigenvalue weighted by atomic mass is 10.0. The van der Waals surface area contributed by atoms with Gasteiger partial charge in [0.15, 0.2) is 0 Å². The molecule has 152 valence electrons. The summed E-state index contributed by atoms with van der Waals surface area (Å²) in [6, 6.07) is 12.9. The highest BCUT2D eigenvalue weighted by Crippen LogP contribution is 2.32. The van der Waals surface area contributed by atoms with Crippen molar-refractivity contribution in [3.8, 4) is 11.3 Å². The molecule has 1 saturated heterocycles. The molecule has 0 spiro atoms. The second-order valence-corrected chi connectivity index (χ2v) is 8.01. The van der Waals surface area contributed by atoms with Gasteiger partial charge >= 0.3 is 0 Å². The van der Waals surface area contributed by atoms with E-state index in [1.165, 1.54) is 16.7 Å². The third kappa shape index (κ3) is 3.48. The van der Waals surface area contributed by atoms with Gasteiger partial charge in [-0.15, -0.1) is 0 Å². The van der Waals surface area contributed by atoms with Crippen molar-refractivity contribution >= 4 is 16.9 Å². The fourth-order valence-electron chi connectivity index (χ4n) is 4.21. The molecule has 0 amide bonds. The van der Waals surface area contributed by atoms with Crippen LogP contribution in [0.5, 0.6) is 0 Å². The van der Waals surface area contributed by atoms with Gasteiger partial charge in [-0.1, -0.05) is 54.6 Å². The van der Waals surface area contributed by atoms with Crippen LogP contribution in [0.2, 0.25) is 0 Å². The van der Waals surface area contributed by atoms with Gasteiger partial charge in [-0.05, 0) is 43.0 Å². The fraction of sp³-hybridized carbons (Fsp3) is 0.269. The van der Waals surface area contributed by atoms with Crippen LogP contribution in [0.1, 0.15) is 29.7 Å². The maximum absolute atomic E-state index is 5.56. The summed E-state index contributed by atoms with van der Waals surface area (Å²) < 4.78 is 7.77. The molecular weight excluding hydrogens is 370 g/mol. The van der Waals surface area contributed by atoms with E-state index in [1.54, 1.807) is 0 Å². The van der Waals surface area contributed by atoms with Crippen molar-refractivity contribution in [3.63, 3.8) is 0 Å². The molecule has 1 aliphatic heterocycles. The van der Waals surface area contributed by atoms with Crippen molar-refractivity contribution in [1.82, 2.24) is 14.3 Å². The smallest absolute Gasteiger partial charge is 0.138 e. The Morgan fingerprint density at radius 1 is 1.00 bits per heavy atom. The van der Waals surface area contributed by atoms with Crippen molar-refractivity contribution in [2.45, 2.75) is 19.8 Å². The van der Waals surface area contributed by atoms with E-state index in [2.05, 4.69) is 83.6 Å². The molecule has 0 unspecified atom stereocenters. The normalized spacial score (nSPS) is 16.7. The van der Waals surface area contributed by atoms with Gasteiger partial charge in [-0.2, -0.15) is 0 Å². The SMILES string of the molecule is C=C(c1c(-c2ccc(C)cc2)nc2ccc(C3=CCCC=C3)cn12)N1CCOCC1. The van der Waals surface area contributed by atoms with Crippen LogP contribution in [0.15, 0.2) is 67.4 Å². The van der Waals surface area contributed by atoms with Crippen LogP contribution >= 0.6 is 0 Å². The van der Waals surface area contributed by atoms with Gasteiger partial charge in [-0.3, -0.25) is 4.40 Å². The molecular formula is C26H27N3O. The predicted octanol–water partition coefficient (Wildman–Crippen LogP) is 5.35. The molecule has 3 heterocycles. The number of pyridine rings is 1. The summed E-state index contributed by atoms with van der Waals surface area (Å²) in [4.78, 5) is 7.34. The molecule has 30 heavy (non-hydrogen) atoms. The second-order valence-electron chi connectivity index (χ2n) is 8.01. The Kier molecular flexibility index (Phi) is 5.01. The van der Waals surface area contributed by atoms with Crippen LogP contribution in [0.25, 0.3) is 28.2 Å². The first kappa shape index (κ1) is 18.9. The first-order valence-corrected chi connectivity index (χ1v) is 10.7. The van der Waals surface area contributed by atoms with E-state index in [9.17, 15) is 0 Å². The van der Waals surface area contributed by atoms with Crippen molar-refractivity contribution < 1.29 is 4.74 Å². The summed E-state index contributed by atoms with van der Waals surface area (Å²) >= 11 is 0. The number of aryl methyl sites for hydroxylation is 1. The van der Waals surface area contributed by atoms with E-state index in [0.717, 1.165) is 67.4 Å². The number of fused-ring (bicyclic) bond motifs is 1. The highest BCUT2D eigenvalue weighted by atomic mass is 16.5. The number of allylic oxidation sites excluding steroid dienone is 4. The van der Waals surface area contributed by atoms with Gasteiger partial charge in [0.1, 0.15) is 5.65 Å². The van der Waals surface area contributed by atoms with Crippen LogP contribution in [0, 0.1) is 6.92 Å². The summed E-state index contributed by atoms with van der Waals surface area (Å²) in [6.07, 6.45) is 11.2. The fourth-order valence-corrected chi connectivity index (χ4v) is 4.21. The molecule has 3 aromatic rings. The molecule has 0 atom stereocenters. The molecule has 2 aromatic heterocycles. The molecule has 5 rings (SSSR count). The standard InChI is InChI=1S/C26H27N3O/c1-19-8-10-22(11-9-19)25-26(20(2)28-14-16-30-17-15-28)29-18-23(12-13-24(29)27-25)21-6-4-3-5-7-21/h4,6-13,18H,2-3,5,14-17H2,1H3. The minimum absolute atomic E-state index is 0.735. The van der Waals surface area contributed by atoms with Gasteiger partial charge < -0.3 is 9.64 Å². The molecule has 1 aromatic carbocycles. The zero-order valence-electron chi connectivity index (χ0n) is 17.5. The monoisotopic (exact) mass is 397 g/mol. The number of morpholine rings is 1. The quantitative estimate of drug-likeness (QED) is 0.595. The molecule has 4 heteroatoms. The molecule has 0 saturated carbocycles. The minimum atomic E-state index is 0.735. The van der Waals surface area contributed by atoms with Gasteiger partial charge in [0, 0.05) is 24.8 Å². The Labute approximate surface area is 177 Å². The third-order valence-corrected chi connectivity index (χ3v) is 5.94. The van der Waals surface area contributed by atoms with Crippen LogP contribution in [-0.2, 0) is 4.74 Å². The van der Waals surface area contributed by atoms with Crippen LogP contribution < -0.4 is 0 Å². The van der Waals surface area contributed by atoms with Gasteiger partial charge in [-0.25, -0.2) is 4.98 Å². The van der Waals surface area contributed by atoms with Gasteiger partial charge in [0.25, 0.3) is 0 Å². The second kappa shape index (κ2) is 7.96. The molecule has 0 bridgehead atoms. The Morgan fingerprint density at radius 3 is 2.50 bits per heavy atom.